The highest BCUT2D eigenvalue weighted by molar-refractivity contribution is 5.96. The van der Waals surface area contributed by atoms with Gasteiger partial charge in [-0.1, -0.05) is 0 Å². The molecular formula is C12H10F3N3O. The number of halogens is 3. The van der Waals surface area contributed by atoms with E-state index in [-0.39, 0.29) is 11.3 Å². The zero-order valence-corrected chi connectivity index (χ0v) is 9.90. The fraction of sp³-hybridized carbons (Fsp3) is 0.167. The van der Waals surface area contributed by atoms with Gasteiger partial charge in [0.2, 0.25) is 0 Å². The van der Waals surface area contributed by atoms with Gasteiger partial charge in [-0.2, -0.15) is 13.2 Å². The maximum absolute atomic E-state index is 12.6. The molecular weight excluding hydrogens is 259 g/mol. The van der Waals surface area contributed by atoms with Crippen molar-refractivity contribution in [2.24, 2.45) is 5.73 Å². The molecule has 0 atom stereocenters. The summed E-state index contributed by atoms with van der Waals surface area (Å²) in [6.45, 7) is 1.73. The van der Waals surface area contributed by atoms with Crippen LogP contribution in [0.5, 0.6) is 0 Å². The lowest BCUT2D eigenvalue weighted by molar-refractivity contribution is -0.137. The molecule has 0 bridgehead atoms. The van der Waals surface area contributed by atoms with Crippen molar-refractivity contribution in [3.63, 3.8) is 0 Å². The summed E-state index contributed by atoms with van der Waals surface area (Å²) in [4.78, 5) is 15.3. The van der Waals surface area contributed by atoms with Crippen molar-refractivity contribution >= 4 is 5.91 Å². The van der Waals surface area contributed by atoms with Crippen molar-refractivity contribution in [2.45, 2.75) is 13.1 Å². The van der Waals surface area contributed by atoms with Gasteiger partial charge in [0.1, 0.15) is 0 Å². The molecule has 1 aromatic heterocycles. The van der Waals surface area contributed by atoms with Gasteiger partial charge in [0, 0.05) is 6.20 Å². The topological polar surface area (TPSA) is 60.9 Å². The number of primary amides is 1. The third-order valence-corrected chi connectivity index (χ3v) is 2.58. The fourth-order valence-corrected chi connectivity index (χ4v) is 1.69. The maximum atomic E-state index is 12.6. The number of aryl methyl sites for hydroxylation is 1. The van der Waals surface area contributed by atoms with E-state index in [2.05, 4.69) is 4.98 Å². The number of hydrogen-bond acceptors (Lipinski definition) is 2. The molecule has 2 aromatic rings. The van der Waals surface area contributed by atoms with E-state index in [1.165, 1.54) is 17.0 Å². The van der Waals surface area contributed by atoms with Gasteiger partial charge < -0.3 is 10.3 Å². The van der Waals surface area contributed by atoms with Crippen LogP contribution in [-0.4, -0.2) is 15.5 Å². The minimum Gasteiger partial charge on any atom is -0.366 e. The van der Waals surface area contributed by atoms with Gasteiger partial charge >= 0.3 is 6.18 Å². The molecule has 0 saturated heterocycles. The molecule has 0 aliphatic rings. The molecule has 2 rings (SSSR count). The third-order valence-electron chi connectivity index (χ3n) is 2.58. The lowest BCUT2D eigenvalue weighted by Crippen LogP contribution is -2.16. The van der Waals surface area contributed by atoms with E-state index in [0.29, 0.717) is 5.69 Å². The van der Waals surface area contributed by atoms with E-state index in [9.17, 15) is 18.0 Å². The monoisotopic (exact) mass is 269 g/mol. The van der Waals surface area contributed by atoms with Gasteiger partial charge in [-0.3, -0.25) is 4.79 Å². The van der Waals surface area contributed by atoms with Crippen LogP contribution in [0.25, 0.3) is 5.69 Å². The SMILES string of the molecule is Cc1cn(-c2ccc(C(F)(F)F)cc2C(N)=O)cn1. The number of aromatic nitrogens is 2. The number of alkyl halides is 3. The van der Waals surface area contributed by atoms with Crippen molar-refractivity contribution in [3.05, 3.63) is 47.5 Å². The zero-order valence-electron chi connectivity index (χ0n) is 9.90. The van der Waals surface area contributed by atoms with Gasteiger partial charge in [0.25, 0.3) is 5.91 Å². The van der Waals surface area contributed by atoms with Crippen LogP contribution in [0.2, 0.25) is 0 Å². The second-order valence-electron chi connectivity index (χ2n) is 4.02. The molecule has 0 radical (unpaired) electrons. The number of rotatable bonds is 2. The third kappa shape index (κ3) is 2.59. The Morgan fingerprint density at radius 3 is 2.53 bits per heavy atom. The molecule has 0 unspecified atom stereocenters. The molecule has 0 fully saturated rings. The molecule has 7 heteroatoms. The van der Waals surface area contributed by atoms with E-state index >= 15 is 0 Å². The quantitative estimate of drug-likeness (QED) is 0.909. The number of carbonyl (C=O) groups excluding carboxylic acids is 1. The molecule has 4 nitrogen and oxygen atoms in total. The Labute approximate surface area is 106 Å². The Bertz CT molecular complexity index is 631. The summed E-state index contributed by atoms with van der Waals surface area (Å²) in [7, 11) is 0. The average molecular weight is 269 g/mol. The minimum atomic E-state index is -4.52. The smallest absolute Gasteiger partial charge is 0.366 e. The molecule has 100 valence electrons. The van der Waals surface area contributed by atoms with Crippen LogP contribution in [0.4, 0.5) is 13.2 Å². The van der Waals surface area contributed by atoms with Crippen LogP contribution in [0.3, 0.4) is 0 Å². The number of nitrogens with zero attached hydrogens (tertiary/aromatic N) is 2. The first-order valence-corrected chi connectivity index (χ1v) is 5.31. The number of hydrogen-bond donors (Lipinski definition) is 1. The first kappa shape index (κ1) is 13.1. The normalized spacial score (nSPS) is 11.6. The van der Waals surface area contributed by atoms with Crippen molar-refractivity contribution in [3.8, 4) is 5.69 Å². The lowest BCUT2D eigenvalue weighted by atomic mass is 10.1. The van der Waals surface area contributed by atoms with Gasteiger partial charge in [0.15, 0.2) is 0 Å². The van der Waals surface area contributed by atoms with Gasteiger partial charge in [-0.25, -0.2) is 4.98 Å². The zero-order chi connectivity index (χ0) is 14.2. The van der Waals surface area contributed by atoms with Crippen LogP contribution < -0.4 is 5.73 Å². The Kier molecular flexibility index (Phi) is 3.05. The molecule has 19 heavy (non-hydrogen) atoms. The van der Waals surface area contributed by atoms with Crippen molar-refractivity contribution < 1.29 is 18.0 Å². The van der Waals surface area contributed by atoms with Crippen LogP contribution in [-0.2, 0) is 6.18 Å². The van der Waals surface area contributed by atoms with Crippen molar-refractivity contribution in [1.29, 1.82) is 0 Å². The van der Waals surface area contributed by atoms with Crippen LogP contribution in [0, 0.1) is 6.92 Å². The Hall–Kier alpha value is -2.31. The molecule has 1 amide bonds. The molecule has 0 aliphatic carbocycles. The van der Waals surface area contributed by atoms with E-state index in [4.69, 9.17) is 5.73 Å². The highest BCUT2D eigenvalue weighted by Crippen LogP contribution is 2.31. The van der Waals surface area contributed by atoms with E-state index in [1.54, 1.807) is 13.1 Å². The molecule has 1 aromatic carbocycles. The highest BCUT2D eigenvalue weighted by Gasteiger charge is 2.31. The predicted octanol–water partition coefficient (Wildman–Crippen LogP) is 2.30. The number of amides is 1. The van der Waals surface area contributed by atoms with Gasteiger partial charge in [0.05, 0.1) is 28.8 Å². The Morgan fingerprint density at radius 1 is 1.37 bits per heavy atom. The summed E-state index contributed by atoms with van der Waals surface area (Å²) in [6.07, 6.45) is -1.52. The van der Waals surface area contributed by atoms with Crippen molar-refractivity contribution in [2.75, 3.05) is 0 Å². The Morgan fingerprint density at radius 2 is 2.05 bits per heavy atom. The van der Waals surface area contributed by atoms with E-state index in [0.717, 1.165) is 12.1 Å². The molecule has 0 saturated carbocycles. The average Bonchev–Trinajstić information content (AvgIpc) is 2.73. The number of imidazole rings is 1. The summed E-state index contributed by atoms with van der Waals surface area (Å²) in [6, 6.07) is 2.84. The second-order valence-corrected chi connectivity index (χ2v) is 4.02. The standard InChI is InChI=1S/C12H10F3N3O/c1-7-5-18(6-17-7)10-3-2-8(12(13,14)15)4-9(10)11(16)19/h2-6H,1H3,(H2,16,19). The summed E-state index contributed by atoms with van der Waals surface area (Å²) >= 11 is 0. The summed E-state index contributed by atoms with van der Waals surface area (Å²) in [5.74, 6) is -0.924. The minimum absolute atomic E-state index is 0.202. The predicted molar refractivity (Wildman–Crippen MR) is 61.8 cm³/mol. The number of nitrogens with two attached hydrogens (primary N) is 1. The summed E-state index contributed by atoms with van der Waals surface area (Å²) in [5, 5.41) is 0. The van der Waals surface area contributed by atoms with Gasteiger partial charge in [-0.15, -0.1) is 0 Å². The summed E-state index contributed by atoms with van der Waals surface area (Å²) < 4.78 is 39.2. The second kappa shape index (κ2) is 4.42. The van der Waals surface area contributed by atoms with Crippen LogP contribution >= 0.6 is 0 Å². The molecule has 0 spiro atoms. The maximum Gasteiger partial charge on any atom is 0.416 e. The highest BCUT2D eigenvalue weighted by atomic mass is 19.4. The Balaban J connectivity index is 2.60. The molecule has 1 heterocycles. The van der Waals surface area contributed by atoms with Crippen LogP contribution in [0.15, 0.2) is 30.7 Å². The van der Waals surface area contributed by atoms with Crippen molar-refractivity contribution in [1.82, 2.24) is 9.55 Å². The largest absolute Gasteiger partial charge is 0.416 e. The lowest BCUT2D eigenvalue weighted by Gasteiger charge is -2.12. The van der Waals surface area contributed by atoms with Gasteiger partial charge in [-0.05, 0) is 25.1 Å². The summed E-state index contributed by atoms with van der Waals surface area (Å²) in [5.41, 5.74) is 4.96. The first-order valence-electron chi connectivity index (χ1n) is 5.31. The van der Waals surface area contributed by atoms with Crippen LogP contribution in [0.1, 0.15) is 21.6 Å². The first-order chi connectivity index (χ1) is 8.79. The van der Waals surface area contributed by atoms with E-state index in [1.807, 2.05) is 0 Å². The number of carbonyl (C=O) groups is 1. The number of benzene rings is 1. The molecule has 2 N–H and O–H groups in total. The molecule has 0 aliphatic heterocycles. The van der Waals surface area contributed by atoms with E-state index < -0.39 is 17.6 Å². The fourth-order valence-electron chi connectivity index (χ4n) is 1.69.